The van der Waals surface area contributed by atoms with Gasteiger partial charge in [0, 0.05) is 35.0 Å². The van der Waals surface area contributed by atoms with Crippen molar-refractivity contribution in [3.05, 3.63) is 70.9 Å². The first-order valence-electron chi connectivity index (χ1n) is 9.24. The van der Waals surface area contributed by atoms with E-state index in [9.17, 15) is 19.8 Å². The fourth-order valence-electron chi connectivity index (χ4n) is 4.85. The molecular formula is C22H19NO5. The molecule has 2 aromatic rings. The summed E-state index contributed by atoms with van der Waals surface area (Å²) in [5.74, 6) is -0.370. The van der Waals surface area contributed by atoms with Crippen molar-refractivity contribution in [2.75, 3.05) is 12.0 Å². The number of carbonyl (C=O) groups is 2. The normalized spacial score (nSPS) is 28.3. The maximum atomic E-state index is 13.3. The summed E-state index contributed by atoms with van der Waals surface area (Å²) < 4.78 is 5.31. The Kier molecular flexibility index (Phi) is 3.39. The standard InChI is InChI=1S/C22H19NO5/c1-28-14-7-4-6-13(12-14)23-17-10-5-11-18(24)19(17)21(26)20(25)15-8-2-3-9-16(15)22(21,23)27/h2-4,6-9,12,26-27H,5,10-11H2,1H3/t21-,22+/m0/s1. The predicted octanol–water partition coefficient (Wildman–Crippen LogP) is 2.29. The van der Waals surface area contributed by atoms with Crippen molar-refractivity contribution in [1.29, 1.82) is 0 Å². The van der Waals surface area contributed by atoms with E-state index < -0.39 is 17.1 Å². The van der Waals surface area contributed by atoms with E-state index in [4.69, 9.17) is 4.74 Å². The molecule has 1 aliphatic heterocycles. The van der Waals surface area contributed by atoms with Crippen LogP contribution in [-0.2, 0) is 10.5 Å². The molecule has 2 atom stereocenters. The van der Waals surface area contributed by atoms with Crippen molar-refractivity contribution >= 4 is 17.3 Å². The molecular weight excluding hydrogens is 358 g/mol. The second-order valence-corrected chi connectivity index (χ2v) is 7.39. The quantitative estimate of drug-likeness (QED) is 0.835. The van der Waals surface area contributed by atoms with Crippen molar-refractivity contribution in [3.8, 4) is 5.75 Å². The molecule has 6 heteroatoms. The number of allylic oxidation sites excluding steroid dienone is 1. The molecule has 0 radical (unpaired) electrons. The highest BCUT2D eigenvalue weighted by Crippen LogP contribution is 2.59. The van der Waals surface area contributed by atoms with E-state index >= 15 is 0 Å². The largest absolute Gasteiger partial charge is 0.497 e. The number of methoxy groups -OCH3 is 1. The Labute approximate surface area is 161 Å². The van der Waals surface area contributed by atoms with Crippen LogP contribution in [0.1, 0.15) is 35.2 Å². The molecule has 6 nitrogen and oxygen atoms in total. The predicted molar refractivity (Wildman–Crippen MR) is 101 cm³/mol. The summed E-state index contributed by atoms with van der Waals surface area (Å²) in [5.41, 5.74) is -2.82. The van der Waals surface area contributed by atoms with Crippen LogP contribution in [0.3, 0.4) is 0 Å². The fraction of sp³-hybridized carbons (Fsp3) is 0.273. The van der Waals surface area contributed by atoms with Crippen LogP contribution in [0, 0.1) is 0 Å². The number of anilines is 1. The van der Waals surface area contributed by atoms with Gasteiger partial charge in [0.05, 0.1) is 12.7 Å². The van der Waals surface area contributed by atoms with Gasteiger partial charge in [-0.1, -0.05) is 30.3 Å². The minimum atomic E-state index is -2.33. The molecule has 0 bridgehead atoms. The van der Waals surface area contributed by atoms with Gasteiger partial charge in [0.15, 0.2) is 5.78 Å². The van der Waals surface area contributed by atoms with E-state index in [-0.39, 0.29) is 23.3 Å². The van der Waals surface area contributed by atoms with Crippen LogP contribution in [0.4, 0.5) is 5.69 Å². The Bertz CT molecular complexity index is 1070. The van der Waals surface area contributed by atoms with Crippen LogP contribution in [0.25, 0.3) is 0 Å². The van der Waals surface area contributed by atoms with Gasteiger partial charge in [-0.05, 0) is 25.0 Å². The zero-order valence-corrected chi connectivity index (χ0v) is 15.3. The smallest absolute Gasteiger partial charge is 0.211 e. The van der Waals surface area contributed by atoms with Crippen LogP contribution in [-0.4, -0.2) is 34.5 Å². The van der Waals surface area contributed by atoms with Crippen LogP contribution in [0.15, 0.2) is 59.8 Å². The summed E-state index contributed by atoms with van der Waals surface area (Å²) in [6.45, 7) is 0. The molecule has 0 fully saturated rings. The minimum Gasteiger partial charge on any atom is -0.497 e. The average molecular weight is 377 g/mol. The maximum absolute atomic E-state index is 13.3. The number of Topliss-reactive ketones (excluding diaryl/α,β-unsaturated/α-hetero) is 2. The van der Waals surface area contributed by atoms with Gasteiger partial charge in [0.2, 0.25) is 17.1 Å². The maximum Gasteiger partial charge on any atom is 0.211 e. The van der Waals surface area contributed by atoms with E-state index in [1.165, 1.54) is 7.11 Å². The number of aliphatic hydroxyl groups is 2. The molecule has 3 aliphatic rings. The summed E-state index contributed by atoms with van der Waals surface area (Å²) in [7, 11) is 1.54. The molecule has 0 amide bonds. The third-order valence-corrected chi connectivity index (χ3v) is 6.03. The molecule has 5 rings (SSSR count). The van der Waals surface area contributed by atoms with Gasteiger partial charge >= 0.3 is 0 Å². The summed E-state index contributed by atoms with van der Waals surface area (Å²) >= 11 is 0. The van der Waals surface area contributed by atoms with Crippen LogP contribution < -0.4 is 9.64 Å². The van der Waals surface area contributed by atoms with Gasteiger partial charge in [-0.3, -0.25) is 9.59 Å². The third kappa shape index (κ3) is 1.79. The second-order valence-electron chi connectivity index (χ2n) is 7.39. The first kappa shape index (κ1) is 17.2. The first-order chi connectivity index (χ1) is 13.4. The van der Waals surface area contributed by atoms with Crippen LogP contribution >= 0.6 is 0 Å². The summed E-state index contributed by atoms with van der Waals surface area (Å²) in [6.07, 6.45) is 1.32. The number of ether oxygens (including phenoxy) is 1. The Balaban J connectivity index is 1.85. The van der Waals surface area contributed by atoms with Crippen molar-refractivity contribution in [3.63, 3.8) is 0 Å². The molecule has 142 valence electrons. The number of nitrogens with zero attached hydrogens (tertiary/aromatic N) is 1. The summed E-state index contributed by atoms with van der Waals surface area (Å²) in [5, 5.41) is 23.6. The molecule has 0 spiro atoms. The van der Waals surface area contributed by atoms with E-state index in [1.807, 2.05) is 0 Å². The number of rotatable bonds is 2. The van der Waals surface area contributed by atoms with Gasteiger partial charge in [-0.25, -0.2) is 0 Å². The summed E-state index contributed by atoms with van der Waals surface area (Å²) in [4.78, 5) is 27.6. The van der Waals surface area contributed by atoms with Crippen LogP contribution in [0.2, 0.25) is 0 Å². The molecule has 2 aromatic carbocycles. The zero-order chi connectivity index (χ0) is 19.7. The molecule has 2 aliphatic carbocycles. The second kappa shape index (κ2) is 5.53. The van der Waals surface area contributed by atoms with Crippen molar-refractivity contribution in [2.24, 2.45) is 0 Å². The molecule has 0 saturated carbocycles. The third-order valence-electron chi connectivity index (χ3n) is 6.03. The summed E-state index contributed by atoms with van der Waals surface area (Å²) in [6, 6.07) is 13.6. The number of ketones is 2. The Morgan fingerprint density at radius 3 is 2.61 bits per heavy atom. The number of fused-ring (bicyclic) bond motifs is 4. The molecule has 0 unspecified atom stereocenters. The highest BCUT2D eigenvalue weighted by molar-refractivity contribution is 6.19. The lowest BCUT2D eigenvalue weighted by atomic mass is 9.80. The monoisotopic (exact) mass is 377 g/mol. The van der Waals surface area contributed by atoms with Gasteiger partial charge in [0.25, 0.3) is 0 Å². The van der Waals surface area contributed by atoms with Gasteiger partial charge < -0.3 is 19.8 Å². The Morgan fingerprint density at radius 2 is 1.82 bits per heavy atom. The SMILES string of the molecule is COc1cccc(N2C3=C(C(=O)CCC3)[C@]3(O)C(=O)c4ccccc4[C@]23O)c1. The number of hydrogen-bond acceptors (Lipinski definition) is 6. The molecule has 28 heavy (non-hydrogen) atoms. The number of benzene rings is 2. The molecule has 1 heterocycles. The first-order valence-corrected chi connectivity index (χ1v) is 9.24. The average Bonchev–Trinajstić information content (AvgIpc) is 3.03. The lowest BCUT2D eigenvalue weighted by Crippen LogP contribution is -2.58. The molecule has 2 N–H and O–H groups in total. The molecule has 0 aromatic heterocycles. The van der Waals surface area contributed by atoms with E-state index in [0.29, 0.717) is 35.5 Å². The zero-order valence-electron chi connectivity index (χ0n) is 15.3. The van der Waals surface area contributed by atoms with Crippen molar-refractivity contribution < 1.29 is 24.5 Å². The minimum absolute atomic E-state index is 0.0188. The lowest BCUT2D eigenvalue weighted by Gasteiger charge is -2.40. The topological polar surface area (TPSA) is 87.1 Å². The highest BCUT2D eigenvalue weighted by Gasteiger charge is 2.73. The fourth-order valence-corrected chi connectivity index (χ4v) is 4.85. The van der Waals surface area contributed by atoms with Gasteiger partial charge in [0.1, 0.15) is 5.75 Å². The van der Waals surface area contributed by atoms with Gasteiger partial charge in [-0.15, -0.1) is 0 Å². The Hall–Kier alpha value is -2.96. The van der Waals surface area contributed by atoms with E-state index in [1.54, 1.807) is 53.4 Å². The number of carbonyl (C=O) groups excluding carboxylic acids is 2. The van der Waals surface area contributed by atoms with Crippen LogP contribution in [0.5, 0.6) is 5.75 Å². The van der Waals surface area contributed by atoms with Crippen molar-refractivity contribution in [2.45, 2.75) is 30.6 Å². The lowest BCUT2D eigenvalue weighted by molar-refractivity contribution is -0.123. The van der Waals surface area contributed by atoms with E-state index in [2.05, 4.69) is 0 Å². The van der Waals surface area contributed by atoms with E-state index in [0.717, 1.165) is 0 Å². The van der Waals surface area contributed by atoms with Crippen molar-refractivity contribution in [1.82, 2.24) is 0 Å². The highest BCUT2D eigenvalue weighted by atomic mass is 16.5. The number of hydrogen-bond donors (Lipinski definition) is 2. The van der Waals surface area contributed by atoms with Gasteiger partial charge in [-0.2, -0.15) is 0 Å². The molecule has 0 saturated heterocycles. The Morgan fingerprint density at radius 1 is 1.04 bits per heavy atom.